The number of nitrogens with zero attached hydrogens (tertiary/aromatic N) is 4. The normalized spacial score (nSPS) is 23.3. The van der Waals surface area contributed by atoms with E-state index in [2.05, 4.69) is 10.6 Å². The molecule has 220 valence electrons. The maximum Gasteiger partial charge on any atom is 0.243 e. The number of sulfonamides is 1. The highest BCUT2D eigenvalue weighted by molar-refractivity contribution is 7.89. The second kappa shape index (κ2) is 11.6. The van der Waals surface area contributed by atoms with Crippen LogP contribution >= 0.6 is 0 Å². The zero-order valence-electron chi connectivity index (χ0n) is 23.3. The van der Waals surface area contributed by atoms with Gasteiger partial charge in [-0.2, -0.15) is 4.31 Å². The van der Waals surface area contributed by atoms with E-state index in [9.17, 15) is 13.2 Å². The molecule has 4 heterocycles. The molecule has 12 heteroatoms. The maximum absolute atomic E-state index is 13.8. The Labute approximate surface area is 240 Å². The van der Waals surface area contributed by atoms with Gasteiger partial charge in [-0.05, 0) is 43.5 Å². The van der Waals surface area contributed by atoms with Gasteiger partial charge in [-0.15, -0.1) is 0 Å². The van der Waals surface area contributed by atoms with E-state index in [4.69, 9.17) is 24.9 Å². The second-order valence-electron chi connectivity index (χ2n) is 11.0. The minimum Gasteiger partial charge on any atom is -0.486 e. The van der Waals surface area contributed by atoms with Crippen molar-refractivity contribution in [3.05, 3.63) is 48.3 Å². The van der Waals surface area contributed by atoms with Crippen LogP contribution < -0.4 is 15.2 Å². The van der Waals surface area contributed by atoms with E-state index in [0.29, 0.717) is 44.4 Å². The van der Waals surface area contributed by atoms with E-state index < -0.39 is 22.0 Å². The smallest absolute Gasteiger partial charge is 0.243 e. The second-order valence-corrected chi connectivity index (χ2v) is 12.9. The molecule has 6 rings (SSSR count). The van der Waals surface area contributed by atoms with Crippen LogP contribution in [0.3, 0.4) is 0 Å². The number of benzene rings is 2. The lowest BCUT2D eigenvalue weighted by Gasteiger charge is -2.35. The molecule has 3 aromatic rings. The van der Waals surface area contributed by atoms with Crippen LogP contribution in [0, 0.1) is 5.92 Å². The molecule has 2 fully saturated rings. The highest BCUT2D eigenvalue weighted by atomic mass is 32.2. The van der Waals surface area contributed by atoms with Crippen LogP contribution in [-0.2, 0) is 26.1 Å². The lowest BCUT2D eigenvalue weighted by molar-refractivity contribution is -0.136. The highest BCUT2D eigenvalue weighted by Gasteiger charge is 2.44. The third-order valence-corrected chi connectivity index (χ3v) is 10.1. The van der Waals surface area contributed by atoms with Crippen molar-refractivity contribution in [1.82, 2.24) is 18.8 Å². The molecule has 2 N–H and O–H groups in total. The zero-order chi connectivity index (χ0) is 28.6. The van der Waals surface area contributed by atoms with Crippen LogP contribution in [0.15, 0.2) is 47.4 Å². The van der Waals surface area contributed by atoms with Crippen LogP contribution in [0.1, 0.15) is 31.0 Å². The van der Waals surface area contributed by atoms with E-state index in [0.717, 1.165) is 42.7 Å². The maximum atomic E-state index is 13.8. The number of carbonyl (C=O) groups is 1. The van der Waals surface area contributed by atoms with Crippen molar-refractivity contribution in [2.75, 3.05) is 53.1 Å². The Morgan fingerprint density at radius 1 is 1.10 bits per heavy atom. The van der Waals surface area contributed by atoms with Crippen LogP contribution in [0.5, 0.6) is 11.5 Å². The van der Waals surface area contributed by atoms with E-state index in [1.807, 2.05) is 23.1 Å². The van der Waals surface area contributed by atoms with E-state index in [1.54, 1.807) is 13.2 Å². The number of hydrogen-bond donors (Lipinski definition) is 1. The summed E-state index contributed by atoms with van der Waals surface area (Å²) in [4.78, 5) is 20.7. The largest absolute Gasteiger partial charge is 0.486 e. The quantitative estimate of drug-likeness (QED) is 0.400. The number of aromatic nitrogens is 2. The number of para-hydroxylation sites is 2. The average molecular weight is 584 g/mol. The Hall–Kier alpha value is -3.19. The fourth-order valence-electron chi connectivity index (χ4n) is 6.21. The fourth-order valence-corrected chi connectivity index (χ4v) is 7.73. The number of methoxy groups -OCH3 is 1. The van der Waals surface area contributed by atoms with E-state index in [1.165, 1.54) is 16.4 Å². The molecule has 11 nitrogen and oxygen atoms in total. The molecule has 41 heavy (non-hydrogen) atoms. The van der Waals surface area contributed by atoms with Crippen LogP contribution in [0.4, 0.5) is 0 Å². The first-order valence-corrected chi connectivity index (χ1v) is 15.7. The molecular weight excluding hydrogens is 546 g/mol. The van der Waals surface area contributed by atoms with Gasteiger partial charge in [0, 0.05) is 64.5 Å². The molecule has 2 aromatic carbocycles. The number of rotatable bonds is 8. The van der Waals surface area contributed by atoms with Gasteiger partial charge in [0.1, 0.15) is 19.0 Å². The number of amides is 1. The van der Waals surface area contributed by atoms with Crippen molar-refractivity contribution in [2.24, 2.45) is 11.7 Å². The molecular formula is C29H37N5O6S. The number of imidazole rings is 1. The predicted molar refractivity (Wildman–Crippen MR) is 152 cm³/mol. The SMILES string of the molecule is COCCCn1c([C@@H]2CCCN(C(=O)[C@@H]3CN(S(=O)(=O)c4ccc5c(c4)OCCO5)C[C@H]3N)C2)nc2ccccc21. The summed E-state index contributed by atoms with van der Waals surface area (Å²) in [6.45, 7) is 3.52. The molecule has 0 radical (unpaired) electrons. The molecule has 1 aromatic heterocycles. The first kappa shape index (κ1) is 28.0. The summed E-state index contributed by atoms with van der Waals surface area (Å²) in [6.07, 6.45) is 2.64. The molecule has 1 amide bonds. The molecule has 0 unspecified atom stereocenters. The Bertz CT molecular complexity index is 1530. The minimum atomic E-state index is -3.86. The molecule has 3 atom stereocenters. The number of hydrogen-bond acceptors (Lipinski definition) is 8. The van der Waals surface area contributed by atoms with Crippen LogP contribution in [0.25, 0.3) is 11.0 Å². The summed E-state index contributed by atoms with van der Waals surface area (Å²) in [5, 5.41) is 0. The van der Waals surface area contributed by atoms with Crippen molar-refractivity contribution in [2.45, 2.75) is 42.7 Å². The van der Waals surface area contributed by atoms with Crippen molar-refractivity contribution >= 4 is 27.0 Å². The summed E-state index contributed by atoms with van der Waals surface area (Å²) in [6, 6.07) is 12.1. The minimum absolute atomic E-state index is 0.0491. The lowest BCUT2D eigenvalue weighted by atomic mass is 9.94. The summed E-state index contributed by atoms with van der Waals surface area (Å²) in [7, 11) is -2.16. The topological polar surface area (TPSA) is 129 Å². The number of ether oxygens (including phenoxy) is 3. The fraction of sp³-hybridized carbons (Fsp3) is 0.517. The average Bonchev–Trinajstić information content (AvgIpc) is 3.58. The first-order valence-electron chi connectivity index (χ1n) is 14.2. The van der Waals surface area contributed by atoms with E-state index in [-0.39, 0.29) is 29.8 Å². The van der Waals surface area contributed by atoms with Crippen molar-refractivity contribution in [3.63, 3.8) is 0 Å². The Balaban J connectivity index is 1.18. The number of carbonyl (C=O) groups excluding carboxylic acids is 1. The summed E-state index contributed by atoms with van der Waals surface area (Å²) in [5.74, 6) is 1.29. The van der Waals surface area contributed by atoms with Gasteiger partial charge in [-0.25, -0.2) is 13.4 Å². The molecule has 0 spiro atoms. The van der Waals surface area contributed by atoms with Crippen molar-refractivity contribution in [1.29, 1.82) is 0 Å². The summed E-state index contributed by atoms with van der Waals surface area (Å²) in [5.41, 5.74) is 8.45. The van der Waals surface area contributed by atoms with Crippen molar-refractivity contribution in [3.8, 4) is 11.5 Å². The van der Waals surface area contributed by atoms with Crippen molar-refractivity contribution < 1.29 is 27.4 Å². The van der Waals surface area contributed by atoms with Gasteiger partial charge in [-0.1, -0.05) is 12.1 Å². The van der Waals surface area contributed by atoms with Gasteiger partial charge in [0.25, 0.3) is 0 Å². The Morgan fingerprint density at radius 3 is 2.73 bits per heavy atom. The third-order valence-electron chi connectivity index (χ3n) is 8.31. The monoisotopic (exact) mass is 583 g/mol. The van der Waals surface area contributed by atoms with Gasteiger partial charge in [-0.3, -0.25) is 4.79 Å². The Kier molecular flexibility index (Phi) is 7.90. The van der Waals surface area contributed by atoms with Gasteiger partial charge in [0.2, 0.25) is 15.9 Å². The zero-order valence-corrected chi connectivity index (χ0v) is 24.1. The van der Waals surface area contributed by atoms with Crippen LogP contribution in [0.2, 0.25) is 0 Å². The standard InChI is InChI=1S/C29H37N5O6S/c1-38-13-5-12-34-25-8-3-2-7-24(25)31-28(34)20-6-4-11-32(17-20)29(35)22-18-33(19-23(22)30)41(36,37)21-9-10-26-27(16-21)40-15-14-39-26/h2-3,7-10,16,20,22-23H,4-6,11-15,17-19,30H2,1H3/t20-,22-,23-/m1/s1. The molecule has 0 bridgehead atoms. The lowest BCUT2D eigenvalue weighted by Crippen LogP contribution is -2.47. The number of piperidine rings is 1. The number of likely N-dealkylation sites (tertiary alicyclic amines) is 1. The summed E-state index contributed by atoms with van der Waals surface area (Å²) < 4.78 is 47.0. The van der Waals surface area contributed by atoms with Gasteiger partial charge >= 0.3 is 0 Å². The Morgan fingerprint density at radius 2 is 1.90 bits per heavy atom. The van der Waals surface area contributed by atoms with Gasteiger partial charge in [0.05, 0.1) is 21.8 Å². The number of nitrogens with two attached hydrogens (primary N) is 1. The molecule has 3 aliphatic heterocycles. The first-order chi connectivity index (χ1) is 19.9. The molecule has 0 aliphatic carbocycles. The van der Waals surface area contributed by atoms with Gasteiger partial charge in [0.15, 0.2) is 11.5 Å². The predicted octanol–water partition coefficient (Wildman–Crippen LogP) is 2.20. The van der Waals surface area contributed by atoms with E-state index >= 15 is 0 Å². The third kappa shape index (κ3) is 5.41. The highest BCUT2D eigenvalue weighted by Crippen LogP contribution is 2.35. The van der Waals surface area contributed by atoms with Crippen LogP contribution in [-0.4, -0.2) is 92.2 Å². The molecule has 2 saturated heterocycles. The molecule has 3 aliphatic rings. The van der Waals surface area contributed by atoms with Gasteiger partial charge < -0.3 is 29.4 Å². The number of fused-ring (bicyclic) bond motifs is 2. The molecule has 0 saturated carbocycles. The summed E-state index contributed by atoms with van der Waals surface area (Å²) >= 11 is 0. The number of aryl methyl sites for hydroxylation is 1.